The highest BCUT2D eigenvalue weighted by atomic mass is 28.3. The van der Waals surface area contributed by atoms with E-state index in [2.05, 4.69) is 4.74 Å². The highest BCUT2D eigenvalue weighted by molar-refractivity contribution is 6.58. The summed E-state index contributed by atoms with van der Waals surface area (Å²) in [6.45, 7) is 0.897. The van der Waals surface area contributed by atoms with Crippen LogP contribution < -0.4 is 4.74 Å². The Morgan fingerprint density at radius 3 is 2.21 bits per heavy atom. The van der Waals surface area contributed by atoms with Gasteiger partial charge in [0, 0.05) is 22.5 Å². The number of aryl methyl sites for hydroxylation is 1. The summed E-state index contributed by atoms with van der Waals surface area (Å²) < 4.78 is 62.0. The van der Waals surface area contributed by atoms with Crippen LogP contribution in [-0.4, -0.2) is 22.5 Å². The third-order valence-corrected chi connectivity index (χ3v) is 11.6. The number of ether oxygens (including phenoxy) is 2. The van der Waals surface area contributed by atoms with E-state index in [4.69, 9.17) is 4.74 Å². The molecule has 192 valence electrons. The van der Waals surface area contributed by atoms with Gasteiger partial charge in [-0.2, -0.15) is 8.78 Å². The molecule has 0 atom stereocenters. The second kappa shape index (κ2) is 14.3. The fourth-order valence-electron chi connectivity index (χ4n) is 6.10. The number of hydrogen-bond acceptors (Lipinski definition) is 2. The van der Waals surface area contributed by atoms with Gasteiger partial charge in [-0.3, -0.25) is 0 Å². The molecule has 1 aliphatic carbocycles. The van der Waals surface area contributed by atoms with Crippen molar-refractivity contribution in [2.24, 2.45) is 17.8 Å². The van der Waals surface area contributed by atoms with E-state index in [0.717, 1.165) is 24.9 Å². The number of methoxy groups -OCH3 is 1. The van der Waals surface area contributed by atoms with E-state index in [9.17, 15) is 17.6 Å². The van der Waals surface area contributed by atoms with Crippen molar-refractivity contribution in [3.05, 3.63) is 41.7 Å². The lowest BCUT2D eigenvalue weighted by molar-refractivity contribution is 0.186. The maximum atomic E-state index is 14.1. The van der Waals surface area contributed by atoms with Crippen molar-refractivity contribution in [1.29, 1.82) is 0 Å². The molecule has 0 bridgehead atoms. The van der Waals surface area contributed by atoms with Gasteiger partial charge in [0.15, 0.2) is 23.6 Å². The lowest BCUT2D eigenvalue weighted by atomic mass is 9.73. The summed E-state index contributed by atoms with van der Waals surface area (Å²) in [6, 6.07) is 6.97. The zero-order valence-corrected chi connectivity index (χ0v) is 21.6. The lowest BCUT2D eigenvalue weighted by Crippen LogP contribution is -2.28. The molecule has 1 saturated carbocycles. The molecule has 1 heterocycles. The molecule has 1 aliphatic heterocycles. The first-order chi connectivity index (χ1) is 16.5. The third-order valence-electron chi connectivity index (χ3n) is 8.08. The average molecular weight is 501 g/mol. The van der Waals surface area contributed by atoms with E-state index in [-0.39, 0.29) is 6.26 Å². The van der Waals surface area contributed by atoms with Gasteiger partial charge in [0.25, 0.3) is 0 Å². The van der Waals surface area contributed by atoms with Gasteiger partial charge >= 0.3 is 6.08 Å². The predicted molar refractivity (Wildman–Crippen MR) is 131 cm³/mol. The van der Waals surface area contributed by atoms with E-state index in [1.54, 1.807) is 7.11 Å². The third kappa shape index (κ3) is 8.70. The minimum Gasteiger partial charge on any atom is -0.453 e. The van der Waals surface area contributed by atoms with Gasteiger partial charge in [-0.25, -0.2) is 8.78 Å². The molecule has 3 rings (SSSR count). The van der Waals surface area contributed by atoms with Gasteiger partial charge < -0.3 is 9.47 Å². The molecule has 2 fully saturated rings. The zero-order chi connectivity index (χ0) is 24.3. The lowest BCUT2D eigenvalue weighted by Gasteiger charge is -2.37. The van der Waals surface area contributed by atoms with Crippen LogP contribution in [0.25, 0.3) is 0 Å². The van der Waals surface area contributed by atoms with Crippen LogP contribution in [0.2, 0.25) is 18.1 Å². The fraction of sp³-hybridized carbons (Fsp3) is 0.704. The maximum absolute atomic E-state index is 14.1. The minimum atomic E-state index is -2.14. The molecule has 1 aromatic carbocycles. The topological polar surface area (TPSA) is 18.5 Å². The van der Waals surface area contributed by atoms with Crippen molar-refractivity contribution < 1.29 is 27.0 Å². The van der Waals surface area contributed by atoms with Crippen molar-refractivity contribution in [1.82, 2.24) is 0 Å². The quantitative estimate of drug-likeness (QED) is 0.124. The number of hydrogen-bond donors (Lipinski definition) is 0. The fourth-order valence-corrected chi connectivity index (χ4v) is 9.63. The second-order valence-corrected chi connectivity index (χ2v) is 13.8. The molecule has 34 heavy (non-hydrogen) atoms. The largest absolute Gasteiger partial charge is 0.453 e. The van der Waals surface area contributed by atoms with Gasteiger partial charge in [0.1, 0.15) is 0 Å². The van der Waals surface area contributed by atoms with E-state index in [1.807, 2.05) is 0 Å². The highest BCUT2D eigenvalue weighted by Gasteiger charge is 2.31. The Bertz CT molecular complexity index is 745. The standard InChI is InChI=1S/C27H40F4O2Si/c1-32-13-3-2-4-14-34-15-11-23(12-16-34)22-9-7-20(8-10-22)5-6-21-17-24(28)27(25(29)18-21)33-19-26(30)31/h17-20,22-23,34H,2-16H2,1H3. The van der Waals surface area contributed by atoms with Crippen molar-refractivity contribution >= 4 is 8.80 Å². The van der Waals surface area contributed by atoms with Crippen LogP contribution in [0, 0.1) is 29.4 Å². The highest BCUT2D eigenvalue weighted by Crippen LogP contribution is 2.42. The summed E-state index contributed by atoms with van der Waals surface area (Å²) >= 11 is 0. The first kappa shape index (κ1) is 27.2. The molecular weight excluding hydrogens is 460 g/mol. The molecule has 2 aliphatic rings. The van der Waals surface area contributed by atoms with Gasteiger partial charge in [-0.1, -0.05) is 56.7 Å². The minimum absolute atomic E-state index is 0.0543. The SMILES string of the molecule is COCCCCC[SiH]1CCC(C2CCC(CCc3cc(F)c(OC=C(F)F)c(F)c3)CC2)CC1. The van der Waals surface area contributed by atoms with E-state index in [1.165, 1.54) is 88.1 Å². The molecular formula is C27H40F4O2Si. The van der Waals surface area contributed by atoms with Crippen LogP contribution in [0.3, 0.4) is 0 Å². The Hall–Kier alpha value is -1.34. The van der Waals surface area contributed by atoms with Gasteiger partial charge in [0.05, 0.1) is 0 Å². The molecule has 0 unspecified atom stereocenters. The molecule has 7 heteroatoms. The zero-order valence-electron chi connectivity index (χ0n) is 20.5. The van der Waals surface area contributed by atoms with Gasteiger partial charge in [0.2, 0.25) is 0 Å². The van der Waals surface area contributed by atoms with Crippen molar-refractivity contribution in [3.8, 4) is 5.75 Å². The van der Waals surface area contributed by atoms with Crippen molar-refractivity contribution in [3.63, 3.8) is 0 Å². The molecule has 2 nitrogen and oxygen atoms in total. The second-order valence-electron chi connectivity index (χ2n) is 10.4. The summed E-state index contributed by atoms with van der Waals surface area (Å²) in [5.74, 6) is -0.281. The summed E-state index contributed by atoms with van der Waals surface area (Å²) in [5.41, 5.74) is 0.555. The van der Waals surface area contributed by atoms with E-state index in [0.29, 0.717) is 17.9 Å². The normalized spacial score (nSPS) is 25.2. The first-order valence-electron chi connectivity index (χ1n) is 13.1. The van der Waals surface area contributed by atoms with E-state index < -0.39 is 32.3 Å². The molecule has 1 aromatic rings. The molecule has 0 aromatic heterocycles. The van der Waals surface area contributed by atoms with Crippen LogP contribution >= 0.6 is 0 Å². The maximum Gasteiger partial charge on any atom is 0.305 e. The van der Waals surface area contributed by atoms with Gasteiger partial charge in [-0.15, -0.1) is 0 Å². The van der Waals surface area contributed by atoms with Crippen molar-refractivity contribution in [2.45, 2.75) is 88.8 Å². The van der Waals surface area contributed by atoms with Crippen molar-refractivity contribution in [2.75, 3.05) is 13.7 Å². The Morgan fingerprint density at radius 2 is 1.59 bits per heavy atom. The average Bonchev–Trinajstić information content (AvgIpc) is 2.83. The van der Waals surface area contributed by atoms with E-state index >= 15 is 0 Å². The molecule has 1 saturated heterocycles. The molecule has 0 radical (unpaired) electrons. The van der Waals surface area contributed by atoms with Crippen LogP contribution in [0.4, 0.5) is 17.6 Å². The molecule has 0 amide bonds. The molecule has 0 N–H and O–H groups in total. The summed E-state index contributed by atoms with van der Waals surface area (Å²) in [7, 11) is 1.28. The summed E-state index contributed by atoms with van der Waals surface area (Å²) in [5, 5.41) is 0. The van der Waals surface area contributed by atoms with Gasteiger partial charge in [-0.05, 0) is 67.6 Å². The Kier molecular flexibility index (Phi) is 11.4. The van der Waals surface area contributed by atoms with Crippen LogP contribution in [0.5, 0.6) is 5.75 Å². The Morgan fingerprint density at radius 1 is 0.941 bits per heavy atom. The monoisotopic (exact) mass is 500 g/mol. The molecule has 0 spiro atoms. The predicted octanol–water partition coefficient (Wildman–Crippen LogP) is 8.27. The summed E-state index contributed by atoms with van der Waals surface area (Å²) in [4.78, 5) is 0. The Balaban J connectivity index is 1.35. The smallest absolute Gasteiger partial charge is 0.305 e. The number of rotatable bonds is 12. The number of benzene rings is 1. The van der Waals surface area contributed by atoms with Crippen LogP contribution in [0.15, 0.2) is 24.5 Å². The summed E-state index contributed by atoms with van der Waals surface area (Å²) in [6.07, 6.45) is 11.2. The van der Waals surface area contributed by atoms with Crippen LogP contribution in [-0.2, 0) is 11.2 Å². The van der Waals surface area contributed by atoms with Crippen LogP contribution in [0.1, 0.15) is 69.8 Å². The number of unbranched alkanes of at least 4 members (excludes halogenated alkanes) is 2. The Labute approximate surface area is 203 Å². The first-order valence-corrected chi connectivity index (χ1v) is 15.6. The number of halogens is 4.